The fourth-order valence-electron chi connectivity index (χ4n) is 6.06. The Morgan fingerprint density at radius 3 is 1.79 bits per heavy atom. The fourth-order valence-corrected chi connectivity index (χ4v) is 8.34. The van der Waals surface area contributed by atoms with Crippen LogP contribution in [-0.4, -0.2) is 154 Å². The summed E-state index contributed by atoms with van der Waals surface area (Å²) in [5.41, 5.74) is 28.1. The maximum Gasteiger partial charge on any atom is 0.246 e. The first-order valence-corrected chi connectivity index (χ1v) is 24.3. The van der Waals surface area contributed by atoms with Gasteiger partial charge in [0.15, 0.2) is 0 Å². The number of hydrogen-bond donors (Lipinski definition) is 13. The van der Waals surface area contributed by atoms with Gasteiger partial charge in [0, 0.05) is 75.1 Å². The van der Waals surface area contributed by atoms with E-state index in [0.29, 0.717) is 18.4 Å². The molecule has 0 aliphatic rings. The van der Waals surface area contributed by atoms with E-state index in [0.717, 1.165) is 26.5 Å². The largest absolute Gasteiger partial charge is 0.508 e. The van der Waals surface area contributed by atoms with Crippen molar-refractivity contribution in [2.75, 3.05) is 31.1 Å². The molecule has 11 amide bonds. The van der Waals surface area contributed by atoms with Crippen molar-refractivity contribution in [2.45, 2.75) is 114 Å². The molecule has 1 rings (SSSR count). The molecule has 1 aromatic rings. The van der Waals surface area contributed by atoms with Gasteiger partial charge < -0.3 is 82.6 Å². The van der Waals surface area contributed by atoms with Crippen LogP contribution in [0.25, 0.3) is 0 Å². The molecule has 1 radical (unpaired) electrons. The summed E-state index contributed by atoms with van der Waals surface area (Å²) < 4.78 is 0. The Morgan fingerprint density at radius 1 is 0.686 bits per heavy atom. The molecule has 18 N–H and O–H groups in total. The smallest absolute Gasteiger partial charge is 0.246 e. The van der Waals surface area contributed by atoms with Crippen LogP contribution in [0, 0.1) is 50.6 Å². The third-order valence-corrected chi connectivity index (χ3v) is 12.3. The van der Waals surface area contributed by atoms with Gasteiger partial charge in [-0.15, -0.1) is 0 Å². The number of aromatic hydroxyl groups is 1. The van der Waals surface area contributed by atoms with Crippen molar-refractivity contribution in [3.8, 4) is 5.75 Å². The molecule has 1 aromatic carbocycles. The van der Waals surface area contributed by atoms with Crippen LogP contribution in [-0.2, 0) is 59.2 Å². The minimum Gasteiger partial charge on any atom is -0.508 e. The summed E-state index contributed by atoms with van der Waals surface area (Å²) in [5.74, 6) is -10.3. The van der Waals surface area contributed by atoms with Gasteiger partial charge in [-0.3, -0.25) is 52.7 Å². The number of carbonyl (C=O) groups is 11. The van der Waals surface area contributed by atoms with Crippen LogP contribution < -0.4 is 60.6 Å². The summed E-state index contributed by atoms with van der Waals surface area (Å²) in [4.78, 5) is 142. The zero-order valence-corrected chi connectivity index (χ0v) is 42.7. The molecule has 70 heavy (non-hydrogen) atoms. The monoisotopic (exact) mass is 1180 g/mol. The molecule has 0 aliphatic carbocycles. The molecular formula is C42H67HoN12O13S2-. The second-order valence-electron chi connectivity index (χ2n) is 16.1. The summed E-state index contributed by atoms with van der Waals surface area (Å²) in [6, 6.07) is -2.60. The average molecular weight is 1180 g/mol. The van der Waals surface area contributed by atoms with Gasteiger partial charge in [-0.05, 0) is 36.5 Å². The number of primary amides is 4. The number of phenolic OH excluding ortho intramolecular Hbond substituents is 1. The van der Waals surface area contributed by atoms with Crippen molar-refractivity contribution in [1.29, 1.82) is 0 Å². The summed E-state index contributed by atoms with van der Waals surface area (Å²) in [7, 11) is 1.84. The fraction of sp³-hybridized carbons (Fsp3) is 0.571. The minimum atomic E-state index is -1.79. The molecule has 28 heteroatoms. The molecule has 0 saturated carbocycles. The Labute approximate surface area is 443 Å². The van der Waals surface area contributed by atoms with Gasteiger partial charge in [-0.25, -0.2) is 0 Å². The van der Waals surface area contributed by atoms with Crippen molar-refractivity contribution < 1.29 is 101 Å². The third-order valence-electron chi connectivity index (χ3n) is 9.90. The first-order chi connectivity index (χ1) is 32.4. The van der Waals surface area contributed by atoms with Gasteiger partial charge in [-0.1, -0.05) is 73.4 Å². The van der Waals surface area contributed by atoms with Gasteiger partial charge >= 0.3 is 0 Å². The van der Waals surface area contributed by atoms with Crippen LogP contribution in [0.3, 0.4) is 0 Å². The number of aliphatic hydroxyl groups is 1. The molecule has 25 nitrogen and oxygen atoms in total. The molecule has 1 unspecified atom stereocenters. The standard InChI is InChI=1S/C42H67N12O13S2.Ho/c1-5-7-27(39(64)48-17-34(46)59)50-36(61)19-54(18-23(4)55)42(67)31(21-69-68-20-26(43)38(63)51-29(37(47)62)15-24-8-10-25(56)11-9-24)53-41(66)30(16-33(45)58)52-40(65)28(12-13-32(44)57)49-35(60)14-22(3)6-2;/h8-11,22-23,26-31,55-56H,4-7,12-21,43H2,1-3H3,(H2,44,57)(H2,45,58)(H2,46,59)(H2,47,62)(H,48,64)(H,49,60)(H,50,61)(H,51,63)(H,52,65)(H,53,66);/q-1;/t22-,23?,26-,27-,28-,29-,30-,31-;/m0./s1. The Morgan fingerprint density at radius 2 is 1.24 bits per heavy atom. The summed E-state index contributed by atoms with van der Waals surface area (Å²) in [5, 5.41) is 34.4. The number of amides is 11. The van der Waals surface area contributed by atoms with Crippen LogP contribution in [0.1, 0.15) is 71.3 Å². The van der Waals surface area contributed by atoms with Crippen LogP contribution in [0.15, 0.2) is 24.3 Å². The van der Waals surface area contributed by atoms with E-state index in [4.69, 9.17) is 28.7 Å². The van der Waals surface area contributed by atoms with Crippen molar-refractivity contribution >= 4 is 86.6 Å². The number of phenols is 1. The Balaban J connectivity index is 0.0000476. The summed E-state index contributed by atoms with van der Waals surface area (Å²) in [6.07, 6.45) is -1.83. The zero-order chi connectivity index (χ0) is 52.4. The molecule has 0 aliphatic heterocycles. The van der Waals surface area contributed by atoms with E-state index in [1.165, 1.54) is 24.3 Å². The van der Waals surface area contributed by atoms with E-state index in [1.807, 2.05) is 6.92 Å². The first-order valence-electron chi connectivity index (χ1n) is 21.9. The van der Waals surface area contributed by atoms with E-state index >= 15 is 0 Å². The number of rotatable bonds is 34. The normalized spacial score (nSPS) is 14.2. The molecule has 0 fully saturated rings. The number of carbonyl (C=O) groups excluding carboxylic acids is 11. The molecule has 8 atom stereocenters. The van der Waals surface area contributed by atoms with E-state index in [-0.39, 0.29) is 93.0 Å². The van der Waals surface area contributed by atoms with Crippen molar-refractivity contribution in [1.82, 2.24) is 36.8 Å². The Bertz CT molecular complexity index is 1950. The van der Waals surface area contributed by atoms with Gasteiger partial charge in [0.1, 0.15) is 36.0 Å². The summed E-state index contributed by atoms with van der Waals surface area (Å²) >= 11 is 0. The predicted molar refractivity (Wildman–Crippen MR) is 255 cm³/mol. The average Bonchev–Trinajstić information content (AvgIpc) is 3.26. The molecule has 0 aromatic heterocycles. The summed E-state index contributed by atoms with van der Waals surface area (Å²) in [6.45, 7) is 6.91. The quantitative estimate of drug-likeness (QED) is 0.0134. The van der Waals surface area contributed by atoms with Crippen LogP contribution >= 0.6 is 21.6 Å². The minimum absolute atomic E-state index is 0. The van der Waals surface area contributed by atoms with Crippen molar-refractivity contribution in [3.63, 3.8) is 0 Å². The number of benzene rings is 1. The number of nitrogens with one attached hydrogen (secondary N) is 6. The Hall–Kier alpha value is -4.93. The maximum atomic E-state index is 14.3. The van der Waals surface area contributed by atoms with Gasteiger partial charge in [-0.2, -0.15) is 0 Å². The molecule has 0 heterocycles. The zero-order valence-electron chi connectivity index (χ0n) is 39.2. The van der Waals surface area contributed by atoms with Gasteiger partial charge in [0.25, 0.3) is 0 Å². The topological polar surface area (TPSA) is 434 Å². The van der Waals surface area contributed by atoms with E-state index in [9.17, 15) is 63.0 Å². The second-order valence-corrected chi connectivity index (χ2v) is 18.7. The van der Waals surface area contributed by atoms with E-state index in [2.05, 4.69) is 38.8 Å². The third kappa shape index (κ3) is 26.9. The van der Waals surface area contributed by atoms with Crippen molar-refractivity contribution in [2.24, 2.45) is 34.6 Å². The first kappa shape index (κ1) is 65.1. The molecule has 0 bridgehead atoms. The molecule has 0 spiro atoms. The molecular weight excluding hydrogens is 1110 g/mol. The van der Waals surface area contributed by atoms with Crippen LogP contribution in [0.2, 0.25) is 0 Å². The Kier molecular flexibility index (Phi) is 32.0. The predicted octanol–water partition coefficient (Wildman–Crippen LogP) is -4.45. The SMILES string of the molecule is [CH2-]C(O)CN(CC(=O)N[C@@H](CCC)C(=O)NCC(N)=O)C(=O)[C@H](CSSC[C@H](N)C(=O)N[C@@H](Cc1ccc(O)cc1)C(N)=O)NC(=O)[C@H](CC(N)=O)NC(=O)[C@H](CCC(N)=O)NC(=O)C[C@@H](C)CC.[Ho]. The van der Waals surface area contributed by atoms with Gasteiger partial charge in [0.05, 0.1) is 25.6 Å². The van der Waals surface area contributed by atoms with Crippen LogP contribution in [0.5, 0.6) is 5.75 Å². The number of nitrogens with zero attached hydrogens (tertiary/aromatic N) is 1. The molecule has 0 saturated heterocycles. The number of nitrogens with two attached hydrogens (primary N) is 5. The second kappa shape index (κ2) is 34.4. The number of hydrogen-bond acceptors (Lipinski definition) is 16. The number of aliphatic hydroxyl groups excluding tert-OH is 1. The maximum absolute atomic E-state index is 14.3. The van der Waals surface area contributed by atoms with Crippen molar-refractivity contribution in [3.05, 3.63) is 36.8 Å². The molecule has 397 valence electrons. The van der Waals surface area contributed by atoms with E-state index < -0.39 is 133 Å². The van der Waals surface area contributed by atoms with E-state index in [1.54, 1.807) is 13.8 Å². The van der Waals surface area contributed by atoms with Gasteiger partial charge in [0.2, 0.25) is 65.0 Å². The van der Waals surface area contributed by atoms with Crippen LogP contribution in [0.4, 0.5) is 0 Å².